The number of aromatic nitrogens is 3. The van der Waals surface area contributed by atoms with Crippen LogP contribution in [0.25, 0.3) is 11.0 Å². The Morgan fingerprint density at radius 3 is 2.73 bits per heavy atom. The van der Waals surface area contributed by atoms with E-state index in [1.165, 1.54) is 0 Å². The maximum atomic E-state index is 5.35. The van der Waals surface area contributed by atoms with Crippen molar-refractivity contribution in [2.24, 2.45) is 7.05 Å². The minimum atomic E-state index is 0.0807. The Labute approximate surface area is 130 Å². The minimum absolute atomic E-state index is 0.0807. The van der Waals surface area contributed by atoms with Crippen molar-refractivity contribution in [1.29, 1.82) is 0 Å². The van der Waals surface area contributed by atoms with Crippen LogP contribution >= 0.6 is 0 Å². The molecule has 1 aromatic carbocycles. The molecule has 114 valence electrons. The van der Waals surface area contributed by atoms with Crippen molar-refractivity contribution in [3.63, 3.8) is 0 Å². The van der Waals surface area contributed by atoms with Crippen molar-refractivity contribution in [2.75, 3.05) is 11.9 Å². The third-order valence-electron chi connectivity index (χ3n) is 3.62. The van der Waals surface area contributed by atoms with E-state index in [-0.39, 0.29) is 6.04 Å². The van der Waals surface area contributed by atoms with Crippen molar-refractivity contribution >= 4 is 16.7 Å². The quantitative estimate of drug-likeness (QED) is 0.782. The molecule has 1 unspecified atom stereocenters. The van der Waals surface area contributed by atoms with Crippen LogP contribution in [-0.4, -0.2) is 21.1 Å². The molecule has 0 aliphatic carbocycles. The summed E-state index contributed by atoms with van der Waals surface area (Å²) >= 11 is 0. The number of hydrogen-bond donors (Lipinski definition) is 1. The molecule has 5 heteroatoms. The van der Waals surface area contributed by atoms with Gasteiger partial charge in [0.1, 0.15) is 5.82 Å². The lowest BCUT2D eigenvalue weighted by molar-refractivity contribution is 0.327. The van der Waals surface area contributed by atoms with Crippen molar-refractivity contribution < 1.29 is 4.74 Å². The van der Waals surface area contributed by atoms with Gasteiger partial charge in [0.2, 0.25) is 5.88 Å². The molecular formula is C17H20N4O. The first-order chi connectivity index (χ1) is 10.7. The largest absolute Gasteiger partial charge is 0.478 e. The molecule has 0 saturated heterocycles. The van der Waals surface area contributed by atoms with Gasteiger partial charge >= 0.3 is 0 Å². The van der Waals surface area contributed by atoms with E-state index in [0.717, 1.165) is 22.5 Å². The van der Waals surface area contributed by atoms with Gasteiger partial charge in [-0.2, -0.15) is 0 Å². The number of aryl methyl sites for hydroxylation is 1. The standard InChI is InChI=1S/C17H20N4O/c1-4-22-16-10-9-13(11-18-16)19-12(2)17-20-14-7-5-6-8-15(14)21(17)3/h5-12,19H,4H2,1-3H3. The van der Waals surface area contributed by atoms with Crippen LogP contribution in [-0.2, 0) is 7.05 Å². The zero-order chi connectivity index (χ0) is 15.5. The number of nitrogens with one attached hydrogen (secondary N) is 1. The number of para-hydroxylation sites is 2. The van der Waals surface area contributed by atoms with E-state index in [2.05, 4.69) is 27.9 Å². The van der Waals surface area contributed by atoms with Gasteiger partial charge < -0.3 is 14.6 Å². The predicted octanol–water partition coefficient (Wildman–Crippen LogP) is 3.54. The smallest absolute Gasteiger partial charge is 0.213 e. The molecule has 22 heavy (non-hydrogen) atoms. The fraction of sp³-hybridized carbons (Fsp3) is 0.294. The lowest BCUT2D eigenvalue weighted by Crippen LogP contribution is -2.12. The van der Waals surface area contributed by atoms with Crippen LogP contribution in [0, 0.1) is 0 Å². The van der Waals surface area contributed by atoms with E-state index in [9.17, 15) is 0 Å². The van der Waals surface area contributed by atoms with Crippen molar-refractivity contribution in [3.8, 4) is 5.88 Å². The molecule has 0 bridgehead atoms. The monoisotopic (exact) mass is 296 g/mol. The molecule has 5 nitrogen and oxygen atoms in total. The highest BCUT2D eigenvalue weighted by atomic mass is 16.5. The van der Waals surface area contributed by atoms with Crippen LogP contribution in [0.3, 0.4) is 0 Å². The molecule has 0 aliphatic rings. The maximum Gasteiger partial charge on any atom is 0.213 e. The second-order valence-electron chi connectivity index (χ2n) is 5.20. The zero-order valence-corrected chi connectivity index (χ0v) is 13.1. The van der Waals surface area contributed by atoms with Crippen LogP contribution in [0.5, 0.6) is 5.88 Å². The summed E-state index contributed by atoms with van der Waals surface area (Å²) in [5, 5.41) is 3.43. The third-order valence-corrected chi connectivity index (χ3v) is 3.62. The average molecular weight is 296 g/mol. The van der Waals surface area contributed by atoms with Gasteiger partial charge in [0.15, 0.2) is 0 Å². The highest BCUT2D eigenvalue weighted by Gasteiger charge is 2.14. The Morgan fingerprint density at radius 2 is 2.05 bits per heavy atom. The number of hydrogen-bond acceptors (Lipinski definition) is 4. The predicted molar refractivity (Wildman–Crippen MR) is 88.2 cm³/mol. The zero-order valence-electron chi connectivity index (χ0n) is 13.1. The van der Waals surface area contributed by atoms with Gasteiger partial charge in [-0.15, -0.1) is 0 Å². The SMILES string of the molecule is CCOc1ccc(NC(C)c2nc3ccccc3n2C)cn1. The summed E-state index contributed by atoms with van der Waals surface area (Å²) < 4.78 is 7.47. The molecule has 2 aromatic heterocycles. The van der Waals surface area contributed by atoms with Crippen LogP contribution in [0.4, 0.5) is 5.69 Å². The molecular weight excluding hydrogens is 276 g/mol. The lowest BCUT2D eigenvalue weighted by atomic mass is 10.3. The number of fused-ring (bicyclic) bond motifs is 1. The van der Waals surface area contributed by atoms with Gasteiger partial charge in [0.25, 0.3) is 0 Å². The van der Waals surface area contributed by atoms with Gasteiger partial charge in [0.05, 0.1) is 35.6 Å². The fourth-order valence-electron chi connectivity index (χ4n) is 2.56. The van der Waals surface area contributed by atoms with Crippen LogP contribution in [0.15, 0.2) is 42.6 Å². The third kappa shape index (κ3) is 2.74. The Kier molecular flexibility index (Phi) is 3.96. The Bertz CT molecular complexity index is 764. The number of benzene rings is 1. The summed E-state index contributed by atoms with van der Waals surface area (Å²) in [6, 6.07) is 12.1. The number of ether oxygens (including phenoxy) is 1. The van der Waals surface area contributed by atoms with Gasteiger partial charge in [-0.1, -0.05) is 12.1 Å². The molecule has 3 rings (SSSR count). The minimum Gasteiger partial charge on any atom is -0.478 e. The summed E-state index contributed by atoms with van der Waals surface area (Å²) in [5.74, 6) is 1.64. The molecule has 1 atom stereocenters. The second-order valence-corrected chi connectivity index (χ2v) is 5.20. The Morgan fingerprint density at radius 1 is 1.23 bits per heavy atom. The van der Waals surface area contributed by atoms with E-state index >= 15 is 0 Å². The molecule has 0 spiro atoms. The maximum absolute atomic E-state index is 5.35. The molecule has 3 aromatic rings. The van der Waals surface area contributed by atoms with E-state index in [1.54, 1.807) is 6.20 Å². The van der Waals surface area contributed by atoms with Gasteiger partial charge in [-0.05, 0) is 32.0 Å². The van der Waals surface area contributed by atoms with Crippen molar-refractivity contribution in [2.45, 2.75) is 19.9 Å². The van der Waals surface area contributed by atoms with Gasteiger partial charge in [-0.25, -0.2) is 9.97 Å². The summed E-state index contributed by atoms with van der Waals surface area (Å²) in [6.45, 7) is 4.66. The fourth-order valence-corrected chi connectivity index (χ4v) is 2.56. The Hall–Kier alpha value is -2.56. The number of pyridine rings is 1. The highest BCUT2D eigenvalue weighted by Crippen LogP contribution is 2.23. The Balaban J connectivity index is 1.80. The number of nitrogens with zero attached hydrogens (tertiary/aromatic N) is 3. The first-order valence-electron chi connectivity index (χ1n) is 7.45. The number of rotatable bonds is 5. The van der Waals surface area contributed by atoms with Crippen molar-refractivity contribution in [3.05, 3.63) is 48.4 Å². The second kappa shape index (κ2) is 6.05. The van der Waals surface area contributed by atoms with E-state index in [0.29, 0.717) is 12.5 Å². The van der Waals surface area contributed by atoms with Crippen LogP contribution in [0.2, 0.25) is 0 Å². The molecule has 2 heterocycles. The summed E-state index contributed by atoms with van der Waals surface area (Å²) in [4.78, 5) is 8.98. The summed E-state index contributed by atoms with van der Waals surface area (Å²) in [7, 11) is 2.04. The average Bonchev–Trinajstić information content (AvgIpc) is 2.87. The van der Waals surface area contributed by atoms with E-state index in [4.69, 9.17) is 9.72 Å². The number of imidazole rings is 1. The summed E-state index contributed by atoms with van der Waals surface area (Å²) in [5.41, 5.74) is 3.09. The highest BCUT2D eigenvalue weighted by molar-refractivity contribution is 5.76. The lowest BCUT2D eigenvalue weighted by Gasteiger charge is -2.15. The topological polar surface area (TPSA) is 52.0 Å². The van der Waals surface area contributed by atoms with Crippen LogP contribution < -0.4 is 10.1 Å². The van der Waals surface area contributed by atoms with Crippen LogP contribution in [0.1, 0.15) is 25.7 Å². The van der Waals surface area contributed by atoms with Gasteiger partial charge in [-0.3, -0.25) is 0 Å². The van der Waals surface area contributed by atoms with E-state index < -0.39 is 0 Å². The summed E-state index contributed by atoms with van der Waals surface area (Å²) in [6.07, 6.45) is 1.78. The first kappa shape index (κ1) is 14.4. The molecule has 0 aliphatic heterocycles. The molecule has 0 fully saturated rings. The molecule has 1 N–H and O–H groups in total. The molecule has 0 radical (unpaired) electrons. The van der Waals surface area contributed by atoms with E-state index in [1.807, 2.05) is 44.3 Å². The van der Waals surface area contributed by atoms with Crippen molar-refractivity contribution in [1.82, 2.24) is 14.5 Å². The number of anilines is 1. The molecule has 0 saturated carbocycles. The van der Waals surface area contributed by atoms with Gasteiger partial charge in [0, 0.05) is 13.1 Å². The normalized spacial score (nSPS) is 12.3. The molecule has 0 amide bonds. The first-order valence-corrected chi connectivity index (χ1v) is 7.45.